The van der Waals surface area contributed by atoms with E-state index in [1.54, 1.807) is 30.3 Å². The fourth-order valence-electron chi connectivity index (χ4n) is 2.27. The van der Waals surface area contributed by atoms with Crippen LogP contribution in [0.1, 0.15) is 41.3 Å². The fraction of sp³-hybridized carbons (Fsp3) is 0.263. The number of carbonyl (C=O) groups excluding carboxylic acids is 2. The molecular formula is C19H20Cl2N2O3. The van der Waals surface area contributed by atoms with Crippen LogP contribution in [0.3, 0.4) is 0 Å². The molecule has 26 heavy (non-hydrogen) atoms. The van der Waals surface area contributed by atoms with E-state index < -0.39 is 11.8 Å². The number of hydrogen-bond donors (Lipinski definition) is 2. The first kappa shape index (κ1) is 20.1. The van der Waals surface area contributed by atoms with Gasteiger partial charge in [-0.3, -0.25) is 20.4 Å². The van der Waals surface area contributed by atoms with Gasteiger partial charge in [-0.1, -0.05) is 49.2 Å². The number of halogens is 2. The number of benzene rings is 2. The molecule has 0 radical (unpaired) electrons. The van der Waals surface area contributed by atoms with Gasteiger partial charge in [-0.2, -0.15) is 0 Å². The number of hydrogen-bond acceptors (Lipinski definition) is 3. The summed E-state index contributed by atoms with van der Waals surface area (Å²) >= 11 is 12.1. The summed E-state index contributed by atoms with van der Waals surface area (Å²) in [6, 6.07) is 10.2. The maximum Gasteiger partial charge on any atom is 0.276 e. The molecule has 0 atom stereocenters. The molecule has 0 aliphatic carbocycles. The Morgan fingerprint density at radius 2 is 1.77 bits per heavy atom. The Morgan fingerprint density at radius 3 is 2.42 bits per heavy atom. The Morgan fingerprint density at radius 1 is 1.08 bits per heavy atom. The van der Waals surface area contributed by atoms with Crippen LogP contribution >= 0.6 is 23.2 Å². The van der Waals surface area contributed by atoms with Crippen LogP contribution in [-0.4, -0.2) is 18.4 Å². The number of aryl methyl sites for hydroxylation is 1. The second kappa shape index (κ2) is 8.92. The van der Waals surface area contributed by atoms with Crippen molar-refractivity contribution in [1.82, 2.24) is 10.9 Å². The summed E-state index contributed by atoms with van der Waals surface area (Å²) < 4.78 is 5.61. The molecule has 0 saturated carbocycles. The molecule has 2 amide bonds. The highest BCUT2D eigenvalue weighted by Crippen LogP contribution is 2.31. The minimum absolute atomic E-state index is 0.186. The second-order valence-electron chi connectivity index (χ2n) is 6.06. The fourth-order valence-corrected chi connectivity index (χ4v) is 2.66. The van der Waals surface area contributed by atoms with Crippen LogP contribution in [0.5, 0.6) is 5.75 Å². The third-order valence-corrected chi connectivity index (χ3v) is 4.44. The van der Waals surface area contributed by atoms with Gasteiger partial charge in [-0.25, -0.2) is 0 Å². The van der Waals surface area contributed by atoms with E-state index in [4.69, 9.17) is 27.9 Å². The van der Waals surface area contributed by atoms with E-state index in [9.17, 15) is 9.59 Å². The molecule has 0 bridgehead atoms. The standard InChI is InChI=1S/C19H20Cl2N2O3/c1-11(2)14-9-16(21)12(3)8-17(14)26-10-18(24)22-23-19(25)13-6-4-5-7-15(13)20/h4-9,11H,10H2,1-3H3,(H,22,24)(H,23,25). The number of carbonyl (C=O) groups is 2. The lowest BCUT2D eigenvalue weighted by Crippen LogP contribution is -2.43. The van der Waals surface area contributed by atoms with Crippen molar-refractivity contribution in [3.05, 3.63) is 63.1 Å². The zero-order valence-corrected chi connectivity index (χ0v) is 16.2. The van der Waals surface area contributed by atoms with Gasteiger partial charge >= 0.3 is 0 Å². The van der Waals surface area contributed by atoms with Crippen LogP contribution in [0, 0.1) is 6.92 Å². The van der Waals surface area contributed by atoms with Crippen molar-refractivity contribution in [3.63, 3.8) is 0 Å². The highest BCUT2D eigenvalue weighted by Gasteiger charge is 2.14. The maximum atomic E-state index is 12.0. The van der Waals surface area contributed by atoms with Crippen LogP contribution in [0.2, 0.25) is 10.0 Å². The maximum absolute atomic E-state index is 12.0. The van der Waals surface area contributed by atoms with E-state index >= 15 is 0 Å². The van der Waals surface area contributed by atoms with Crippen LogP contribution in [-0.2, 0) is 4.79 Å². The lowest BCUT2D eigenvalue weighted by Gasteiger charge is -2.16. The molecule has 0 aliphatic rings. The van der Waals surface area contributed by atoms with E-state index in [-0.39, 0.29) is 18.1 Å². The Bertz CT molecular complexity index is 822. The van der Waals surface area contributed by atoms with Crippen molar-refractivity contribution < 1.29 is 14.3 Å². The van der Waals surface area contributed by atoms with Crippen molar-refractivity contribution in [3.8, 4) is 5.75 Å². The molecule has 138 valence electrons. The van der Waals surface area contributed by atoms with Crippen LogP contribution in [0.15, 0.2) is 36.4 Å². The molecular weight excluding hydrogens is 375 g/mol. The van der Waals surface area contributed by atoms with E-state index in [1.165, 1.54) is 0 Å². The van der Waals surface area contributed by atoms with Crippen LogP contribution < -0.4 is 15.6 Å². The van der Waals surface area contributed by atoms with Crippen molar-refractivity contribution >= 4 is 35.0 Å². The zero-order valence-electron chi connectivity index (χ0n) is 14.7. The predicted octanol–water partition coefficient (Wildman–Crippen LogP) is 4.27. The highest BCUT2D eigenvalue weighted by atomic mass is 35.5. The minimum Gasteiger partial charge on any atom is -0.483 e. The number of amides is 2. The largest absolute Gasteiger partial charge is 0.483 e. The van der Waals surface area contributed by atoms with Crippen LogP contribution in [0.25, 0.3) is 0 Å². The van der Waals surface area contributed by atoms with E-state index in [1.807, 2.05) is 26.8 Å². The molecule has 2 rings (SSSR count). The molecule has 0 aromatic heterocycles. The lowest BCUT2D eigenvalue weighted by atomic mass is 10.0. The molecule has 5 nitrogen and oxygen atoms in total. The summed E-state index contributed by atoms with van der Waals surface area (Å²) in [6.45, 7) is 5.64. The smallest absolute Gasteiger partial charge is 0.276 e. The van der Waals surface area contributed by atoms with Crippen molar-refractivity contribution in [1.29, 1.82) is 0 Å². The average molecular weight is 395 g/mol. The molecule has 0 heterocycles. The van der Waals surface area contributed by atoms with E-state index in [0.29, 0.717) is 15.8 Å². The monoisotopic (exact) mass is 394 g/mol. The minimum atomic E-state index is -0.505. The summed E-state index contributed by atoms with van der Waals surface area (Å²) in [7, 11) is 0. The average Bonchev–Trinajstić information content (AvgIpc) is 2.60. The molecule has 0 aliphatic heterocycles. The third kappa shape index (κ3) is 5.13. The van der Waals surface area contributed by atoms with Gasteiger partial charge in [0.25, 0.3) is 11.8 Å². The number of rotatable bonds is 5. The SMILES string of the molecule is Cc1cc(OCC(=O)NNC(=O)c2ccccc2Cl)c(C(C)C)cc1Cl. The number of nitrogens with one attached hydrogen (secondary N) is 2. The van der Waals surface area contributed by atoms with Gasteiger partial charge in [-0.15, -0.1) is 0 Å². The molecule has 0 unspecified atom stereocenters. The normalized spacial score (nSPS) is 10.5. The lowest BCUT2D eigenvalue weighted by molar-refractivity contribution is -0.123. The topological polar surface area (TPSA) is 67.4 Å². The van der Waals surface area contributed by atoms with Gasteiger partial charge in [0.05, 0.1) is 10.6 Å². The third-order valence-electron chi connectivity index (χ3n) is 3.71. The van der Waals surface area contributed by atoms with Gasteiger partial charge in [0.15, 0.2) is 6.61 Å². The Labute approximate surface area is 162 Å². The molecule has 2 N–H and O–H groups in total. The molecule has 0 saturated heterocycles. The van der Waals surface area contributed by atoms with Crippen LogP contribution in [0.4, 0.5) is 0 Å². The molecule has 0 fully saturated rings. The van der Waals surface area contributed by atoms with Crippen molar-refractivity contribution in [2.45, 2.75) is 26.7 Å². The summed E-state index contributed by atoms with van der Waals surface area (Å²) in [5, 5.41) is 0.950. The van der Waals surface area contributed by atoms with Crippen molar-refractivity contribution in [2.24, 2.45) is 0 Å². The first-order valence-electron chi connectivity index (χ1n) is 8.06. The predicted molar refractivity (Wildman–Crippen MR) is 103 cm³/mol. The highest BCUT2D eigenvalue weighted by molar-refractivity contribution is 6.33. The summed E-state index contributed by atoms with van der Waals surface area (Å²) in [6.07, 6.45) is 0. The molecule has 2 aromatic rings. The zero-order chi connectivity index (χ0) is 19.3. The quantitative estimate of drug-likeness (QED) is 0.744. The van der Waals surface area contributed by atoms with Gasteiger partial charge < -0.3 is 4.74 Å². The summed E-state index contributed by atoms with van der Waals surface area (Å²) in [4.78, 5) is 24.0. The van der Waals surface area contributed by atoms with E-state index in [2.05, 4.69) is 10.9 Å². The summed E-state index contributed by atoms with van der Waals surface area (Å²) in [5.41, 5.74) is 6.65. The molecule has 0 spiro atoms. The number of ether oxygens (including phenoxy) is 1. The van der Waals surface area contributed by atoms with Gasteiger partial charge in [0.2, 0.25) is 0 Å². The Balaban J connectivity index is 1.94. The van der Waals surface area contributed by atoms with Gasteiger partial charge in [-0.05, 0) is 48.2 Å². The number of hydrazine groups is 1. The summed E-state index contributed by atoms with van der Waals surface area (Å²) in [5.74, 6) is -0.220. The van der Waals surface area contributed by atoms with Gasteiger partial charge in [0.1, 0.15) is 5.75 Å². The van der Waals surface area contributed by atoms with Gasteiger partial charge in [0, 0.05) is 5.02 Å². The Hall–Kier alpha value is -2.24. The second-order valence-corrected chi connectivity index (χ2v) is 6.88. The first-order valence-corrected chi connectivity index (χ1v) is 8.81. The van der Waals surface area contributed by atoms with E-state index in [0.717, 1.165) is 11.1 Å². The molecule has 2 aromatic carbocycles. The van der Waals surface area contributed by atoms with Crippen molar-refractivity contribution in [2.75, 3.05) is 6.61 Å². The molecule has 7 heteroatoms. The first-order chi connectivity index (χ1) is 12.3. The Kier molecular flexibility index (Phi) is 6.89.